The van der Waals surface area contributed by atoms with Crippen molar-refractivity contribution in [3.05, 3.63) is 53.4 Å². The number of hydrogen-bond donors (Lipinski definition) is 4. The normalized spacial score (nSPS) is 24.7. The summed E-state index contributed by atoms with van der Waals surface area (Å²) in [6.07, 6.45) is -1.87. The van der Waals surface area contributed by atoms with Gasteiger partial charge in [-0.1, -0.05) is 23.7 Å². The van der Waals surface area contributed by atoms with Gasteiger partial charge in [0.25, 0.3) is 0 Å². The molecule has 0 unspecified atom stereocenters. The molecule has 12 heteroatoms. The van der Waals surface area contributed by atoms with Crippen LogP contribution in [0.1, 0.15) is 17.9 Å². The SMILES string of the molecule is CS(=O)(=O)CCNc1ncnc2c1ccn2[C@@H]1O[C@H]([C@H](O)c2ccc(Cl)cc2)[C@@H](O)[C@H]1O. The Hall–Kier alpha value is -2.28. The Morgan fingerprint density at radius 3 is 2.59 bits per heavy atom. The zero-order chi connectivity index (χ0) is 23.0. The highest BCUT2D eigenvalue weighted by Crippen LogP contribution is 2.38. The van der Waals surface area contributed by atoms with Gasteiger partial charge in [-0.15, -0.1) is 0 Å². The van der Waals surface area contributed by atoms with E-state index >= 15 is 0 Å². The van der Waals surface area contributed by atoms with Crippen molar-refractivity contribution in [2.45, 2.75) is 30.6 Å². The number of sulfone groups is 1. The minimum Gasteiger partial charge on any atom is -0.387 e. The number of aliphatic hydroxyl groups is 3. The standard InChI is InChI=1S/C20H23ClN4O6S/c1-32(29,30)9-7-22-18-13-6-8-25(19(13)24-10-23-18)20-16(28)15(27)17(31-20)14(26)11-2-4-12(21)5-3-11/h2-6,8,10,14-17,20,26-28H,7,9H2,1H3,(H,22,23,24)/t14-,15+,16-,17-,20-/m1/s1. The minimum atomic E-state index is -3.13. The third-order valence-electron chi connectivity index (χ3n) is 5.35. The van der Waals surface area contributed by atoms with Gasteiger partial charge in [-0.05, 0) is 23.8 Å². The lowest BCUT2D eigenvalue weighted by atomic mass is 9.99. The van der Waals surface area contributed by atoms with Gasteiger partial charge in [-0.25, -0.2) is 18.4 Å². The predicted octanol–water partition coefficient (Wildman–Crippen LogP) is 0.894. The van der Waals surface area contributed by atoms with E-state index < -0.39 is 40.5 Å². The van der Waals surface area contributed by atoms with E-state index in [4.69, 9.17) is 16.3 Å². The van der Waals surface area contributed by atoms with Crippen molar-refractivity contribution >= 4 is 38.3 Å². The second-order valence-electron chi connectivity index (χ2n) is 7.71. The van der Waals surface area contributed by atoms with E-state index in [1.54, 1.807) is 41.1 Å². The third-order valence-corrected chi connectivity index (χ3v) is 6.54. The molecular formula is C20H23ClN4O6S. The average molecular weight is 483 g/mol. The van der Waals surface area contributed by atoms with Gasteiger partial charge in [-0.3, -0.25) is 0 Å². The molecule has 0 saturated carbocycles. The number of halogens is 1. The molecule has 0 aliphatic carbocycles. The van der Waals surface area contributed by atoms with Crippen molar-refractivity contribution in [2.24, 2.45) is 0 Å². The lowest BCUT2D eigenvalue weighted by molar-refractivity contribution is -0.0848. The molecule has 0 radical (unpaired) electrons. The van der Waals surface area contributed by atoms with Crippen LogP contribution in [0.3, 0.4) is 0 Å². The van der Waals surface area contributed by atoms with Crippen LogP contribution in [0.4, 0.5) is 5.82 Å². The number of fused-ring (bicyclic) bond motifs is 1. The number of nitrogens with one attached hydrogen (secondary N) is 1. The van der Waals surface area contributed by atoms with E-state index in [2.05, 4.69) is 15.3 Å². The summed E-state index contributed by atoms with van der Waals surface area (Å²) in [6, 6.07) is 8.17. The van der Waals surface area contributed by atoms with Crippen molar-refractivity contribution < 1.29 is 28.5 Å². The lowest BCUT2D eigenvalue weighted by Gasteiger charge is -2.21. The molecule has 3 aromatic rings. The van der Waals surface area contributed by atoms with Gasteiger partial charge >= 0.3 is 0 Å². The summed E-state index contributed by atoms with van der Waals surface area (Å²) < 4.78 is 30.1. The fourth-order valence-corrected chi connectivity index (χ4v) is 4.30. The van der Waals surface area contributed by atoms with E-state index in [0.717, 1.165) is 6.26 Å². The van der Waals surface area contributed by atoms with E-state index in [1.807, 2.05) is 0 Å². The largest absolute Gasteiger partial charge is 0.387 e. The summed E-state index contributed by atoms with van der Waals surface area (Å²) in [4.78, 5) is 8.40. The molecule has 5 atom stereocenters. The van der Waals surface area contributed by atoms with Crippen LogP contribution >= 0.6 is 11.6 Å². The second kappa shape index (κ2) is 8.93. The number of aliphatic hydroxyl groups excluding tert-OH is 3. The first-order chi connectivity index (χ1) is 15.2. The number of nitrogens with zero attached hydrogens (tertiary/aromatic N) is 3. The molecule has 3 heterocycles. The summed E-state index contributed by atoms with van der Waals surface area (Å²) in [5, 5.41) is 36.0. The van der Waals surface area contributed by atoms with Crippen molar-refractivity contribution in [1.82, 2.24) is 14.5 Å². The molecule has 1 aliphatic rings. The molecule has 10 nitrogen and oxygen atoms in total. The highest BCUT2D eigenvalue weighted by molar-refractivity contribution is 7.90. The molecule has 2 aromatic heterocycles. The maximum absolute atomic E-state index is 11.4. The lowest BCUT2D eigenvalue weighted by Crippen LogP contribution is -2.34. The Labute approximate surface area is 189 Å². The quantitative estimate of drug-likeness (QED) is 0.385. The first-order valence-corrected chi connectivity index (χ1v) is 12.3. The summed E-state index contributed by atoms with van der Waals surface area (Å²) >= 11 is 5.89. The molecule has 0 bridgehead atoms. The van der Waals surface area contributed by atoms with Crippen LogP contribution in [0, 0.1) is 0 Å². The molecule has 32 heavy (non-hydrogen) atoms. The second-order valence-corrected chi connectivity index (χ2v) is 10.4. The molecule has 1 saturated heterocycles. The zero-order valence-corrected chi connectivity index (χ0v) is 18.6. The van der Waals surface area contributed by atoms with Crippen LogP contribution in [-0.4, -0.2) is 75.1 Å². The Morgan fingerprint density at radius 1 is 1.19 bits per heavy atom. The summed E-state index contributed by atoms with van der Waals surface area (Å²) in [5.74, 6) is 0.378. The van der Waals surface area contributed by atoms with Gasteiger partial charge in [0.1, 0.15) is 52.0 Å². The number of benzene rings is 1. The van der Waals surface area contributed by atoms with Gasteiger partial charge in [-0.2, -0.15) is 0 Å². The van der Waals surface area contributed by atoms with Crippen molar-refractivity contribution in [3.63, 3.8) is 0 Å². The third kappa shape index (κ3) is 4.58. The van der Waals surface area contributed by atoms with E-state index in [1.165, 1.54) is 6.33 Å². The van der Waals surface area contributed by atoms with Gasteiger partial charge in [0, 0.05) is 24.0 Å². The highest BCUT2D eigenvalue weighted by atomic mass is 35.5. The molecule has 1 aliphatic heterocycles. The molecule has 0 spiro atoms. The van der Waals surface area contributed by atoms with Crippen LogP contribution in [0.2, 0.25) is 5.02 Å². The monoisotopic (exact) mass is 482 g/mol. The van der Waals surface area contributed by atoms with E-state index in [9.17, 15) is 23.7 Å². The minimum absolute atomic E-state index is 0.0554. The van der Waals surface area contributed by atoms with Crippen molar-refractivity contribution in [3.8, 4) is 0 Å². The van der Waals surface area contributed by atoms with Gasteiger partial charge in [0.05, 0.1) is 11.1 Å². The predicted molar refractivity (Wildman–Crippen MR) is 118 cm³/mol. The molecule has 1 fully saturated rings. The average Bonchev–Trinajstić information content (AvgIpc) is 3.29. The Kier molecular flexibility index (Phi) is 6.39. The molecule has 172 valence electrons. The smallest absolute Gasteiger partial charge is 0.164 e. The summed E-state index contributed by atoms with van der Waals surface area (Å²) in [7, 11) is -3.13. The number of hydrogen-bond acceptors (Lipinski definition) is 9. The number of aromatic nitrogens is 3. The van der Waals surface area contributed by atoms with Gasteiger partial charge in [0.15, 0.2) is 6.23 Å². The summed E-state index contributed by atoms with van der Waals surface area (Å²) in [5.41, 5.74) is 0.906. The highest BCUT2D eigenvalue weighted by Gasteiger charge is 2.47. The first-order valence-electron chi connectivity index (χ1n) is 9.84. The van der Waals surface area contributed by atoms with Crippen molar-refractivity contribution in [2.75, 3.05) is 23.9 Å². The Balaban J connectivity index is 1.57. The van der Waals surface area contributed by atoms with Crippen molar-refractivity contribution in [1.29, 1.82) is 0 Å². The number of anilines is 1. The van der Waals surface area contributed by atoms with Gasteiger partial charge < -0.3 is 29.9 Å². The fraction of sp³-hybridized carbons (Fsp3) is 0.400. The van der Waals surface area contributed by atoms with E-state index in [-0.39, 0.29) is 12.3 Å². The fourth-order valence-electron chi connectivity index (χ4n) is 3.70. The van der Waals surface area contributed by atoms with Crippen LogP contribution < -0.4 is 5.32 Å². The maximum Gasteiger partial charge on any atom is 0.164 e. The molecule has 1 aromatic carbocycles. The van der Waals surface area contributed by atoms with E-state index in [0.29, 0.717) is 27.4 Å². The van der Waals surface area contributed by atoms with Crippen LogP contribution in [0.15, 0.2) is 42.9 Å². The molecule has 4 rings (SSSR count). The van der Waals surface area contributed by atoms with Crippen LogP contribution in [-0.2, 0) is 14.6 Å². The first kappa shape index (κ1) is 22.9. The Bertz CT molecular complexity index is 1200. The maximum atomic E-state index is 11.4. The summed E-state index contributed by atoms with van der Waals surface area (Å²) in [6.45, 7) is 0.173. The molecule has 4 N–H and O–H groups in total. The number of ether oxygens (including phenoxy) is 1. The number of rotatable bonds is 7. The topological polar surface area (TPSA) is 147 Å². The zero-order valence-electron chi connectivity index (χ0n) is 17.0. The molecular weight excluding hydrogens is 460 g/mol. The van der Waals surface area contributed by atoms with Crippen LogP contribution in [0.25, 0.3) is 11.0 Å². The Morgan fingerprint density at radius 2 is 1.91 bits per heavy atom. The molecule has 0 amide bonds. The van der Waals surface area contributed by atoms with Crippen LogP contribution in [0.5, 0.6) is 0 Å². The van der Waals surface area contributed by atoms with Gasteiger partial charge in [0.2, 0.25) is 0 Å².